The molecule has 1 aromatic carbocycles. The summed E-state index contributed by atoms with van der Waals surface area (Å²) in [6.45, 7) is 0. The molecule has 5 nitrogen and oxygen atoms in total. The zero-order valence-electron chi connectivity index (χ0n) is 12.8. The van der Waals surface area contributed by atoms with E-state index in [-0.39, 0.29) is 0 Å². The standard InChI is InChI=1S/C17H17N3O2S/c1-21-15-7-5-13(6-8-15)17-19-16(20-22-17)12-23-11-9-14-4-2-3-10-18-14/h2-8,10H,9,11-12H2,1H3. The molecule has 3 rings (SSSR count). The third-order valence-corrected chi connectivity index (χ3v) is 4.22. The molecule has 6 heteroatoms. The van der Waals surface area contributed by atoms with Gasteiger partial charge in [-0.15, -0.1) is 0 Å². The largest absolute Gasteiger partial charge is 0.497 e. The van der Waals surface area contributed by atoms with Crippen LogP contribution in [-0.2, 0) is 12.2 Å². The summed E-state index contributed by atoms with van der Waals surface area (Å²) < 4.78 is 10.4. The van der Waals surface area contributed by atoms with Crippen molar-refractivity contribution in [2.24, 2.45) is 0 Å². The molecular formula is C17H17N3O2S. The highest BCUT2D eigenvalue weighted by molar-refractivity contribution is 7.98. The third kappa shape index (κ3) is 4.32. The molecule has 23 heavy (non-hydrogen) atoms. The van der Waals surface area contributed by atoms with E-state index in [2.05, 4.69) is 15.1 Å². The maximum absolute atomic E-state index is 5.31. The lowest BCUT2D eigenvalue weighted by atomic mass is 10.2. The average Bonchev–Trinajstić information content (AvgIpc) is 3.09. The number of ether oxygens (including phenoxy) is 1. The molecule has 2 aromatic heterocycles. The third-order valence-electron chi connectivity index (χ3n) is 3.26. The Bertz CT molecular complexity index is 729. The van der Waals surface area contributed by atoms with Crippen molar-refractivity contribution < 1.29 is 9.26 Å². The summed E-state index contributed by atoms with van der Waals surface area (Å²) in [6, 6.07) is 13.5. The Hall–Kier alpha value is -2.34. The number of aromatic nitrogens is 3. The molecule has 0 aliphatic rings. The SMILES string of the molecule is COc1ccc(-c2nc(CSCCc3ccccn3)no2)cc1. The highest BCUT2D eigenvalue weighted by Crippen LogP contribution is 2.21. The Morgan fingerprint density at radius 1 is 1.13 bits per heavy atom. The predicted molar refractivity (Wildman–Crippen MR) is 90.4 cm³/mol. The van der Waals surface area contributed by atoms with Crippen LogP contribution >= 0.6 is 11.8 Å². The second-order valence-corrected chi connectivity index (χ2v) is 5.97. The summed E-state index contributed by atoms with van der Waals surface area (Å²) >= 11 is 1.77. The number of pyridine rings is 1. The minimum atomic E-state index is 0.535. The number of hydrogen-bond donors (Lipinski definition) is 0. The summed E-state index contributed by atoms with van der Waals surface area (Å²) in [6.07, 6.45) is 2.76. The summed E-state index contributed by atoms with van der Waals surface area (Å²) in [7, 11) is 1.64. The van der Waals surface area contributed by atoms with Gasteiger partial charge in [0.2, 0.25) is 0 Å². The fourth-order valence-corrected chi connectivity index (χ4v) is 2.85. The van der Waals surface area contributed by atoms with Crippen LogP contribution in [0, 0.1) is 0 Å². The van der Waals surface area contributed by atoms with Gasteiger partial charge in [-0.2, -0.15) is 16.7 Å². The Morgan fingerprint density at radius 3 is 2.74 bits per heavy atom. The number of nitrogens with zero attached hydrogens (tertiary/aromatic N) is 3. The highest BCUT2D eigenvalue weighted by Gasteiger charge is 2.09. The van der Waals surface area contributed by atoms with Crippen molar-refractivity contribution in [1.29, 1.82) is 0 Å². The Balaban J connectivity index is 1.51. The summed E-state index contributed by atoms with van der Waals surface area (Å²) in [5.74, 6) is 3.75. The van der Waals surface area contributed by atoms with Gasteiger partial charge in [0.05, 0.1) is 12.9 Å². The lowest BCUT2D eigenvalue weighted by Crippen LogP contribution is -1.93. The van der Waals surface area contributed by atoms with E-state index in [1.807, 2.05) is 48.7 Å². The minimum absolute atomic E-state index is 0.535. The van der Waals surface area contributed by atoms with Crippen molar-refractivity contribution in [3.8, 4) is 17.2 Å². The molecule has 0 bridgehead atoms. The van der Waals surface area contributed by atoms with Gasteiger partial charge in [-0.1, -0.05) is 11.2 Å². The van der Waals surface area contributed by atoms with E-state index in [0.717, 1.165) is 34.9 Å². The van der Waals surface area contributed by atoms with Crippen molar-refractivity contribution in [3.63, 3.8) is 0 Å². The number of hydrogen-bond acceptors (Lipinski definition) is 6. The first kappa shape index (κ1) is 15.6. The molecule has 0 amide bonds. The molecule has 0 spiro atoms. The fourth-order valence-electron chi connectivity index (χ4n) is 2.05. The molecule has 0 unspecified atom stereocenters. The topological polar surface area (TPSA) is 61.0 Å². The minimum Gasteiger partial charge on any atom is -0.497 e. The van der Waals surface area contributed by atoms with E-state index >= 15 is 0 Å². The molecule has 0 radical (unpaired) electrons. The summed E-state index contributed by atoms with van der Waals surface area (Å²) in [5.41, 5.74) is 2.00. The zero-order valence-corrected chi connectivity index (χ0v) is 13.6. The van der Waals surface area contributed by atoms with Gasteiger partial charge in [-0.25, -0.2) is 0 Å². The van der Waals surface area contributed by atoms with E-state index in [9.17, 15) is 0 Å². The molecule has 0 saturated heterocycles. The maximum atomic E-state index is 5.31. The van der Waals surface area contributed by atoms with Gasteiger partial charge in [0.1, 0.15) is 5.75 Å². The van der Waals surface area contributed by atoms with Crippen molar-refractivity contribution in [1.82, 2.24) is 15.1 Å². The van der Waals surface area contributed by atoms with Crippen LogP contribution in [-0.4, -0.2) is 28.0 Å². The van der Waals surface area contributed by atoms with Crippen LogP contribution in [0.1, 0.15) is 11.5 Å². The molecular weight excluding hydrogens is 310 g/mol. The Kier molecular flexibility index (Phi) is 5.26. The van der Waals surface area contributed by atoms with E-state index in [0.29, 0.717) is 11.7 Å². The molecule has 0 atom stereocenters. The highest BCUT2D eigenvalue weighted by atomic mass is 32.2. The lowest BCUT2D eigenvalue weighted by Gasteiger charge is -1.99. The number of thioether (sulfide) groups is 1. The lowest BCUT2D eigenvalue weighted by molar-refractivity contribution is 0.414. The average molecular weight is 327 g/mol. The predicted octanol–water partition coefficient (Wildman–Crippen LogP) is 3.62. The van der Waals surface area contributed by atoms with Crippen molar-refractivity contribution >= 4 is 11.8 Å². The van der Waals surface area contributed by atoms with Gasteiger partial charge < -0.3 is 9.26 Å². The molecule has 0 fully saturated rings. The van der Waals surface area contributed by atoms with Crippen molar-refractivity contribution in [2.75, 3.05) is 12.9 Å². The van der Waals surface area contributed by atoms with Crippen LogP contribution in [0.15, 0.2) is 53.2 Å². The van der Waals surface area contributed by atoms with E-state index in [1.54, 1.807) is 18.9 Å². The summed E-state index contributed by atoms with van der Waals surface area (Å²) in [5, 5.41) is 4.03. The van der Waals surface area contributed by atoms with Crippen LogP contribution in [0.5, 0.6) is 5.75 Å². The molecule has 0 N–H and O–H groups in total. The van der Waals surface area contributed by atoms with Crippen LogP contribution < -0.4 is 4.74 Å². The Morgan fingerprint density at radius 2 is 2.00 bits per heavy atom. The first-order valence-corrected chi connectivity index (χ1v) is 8.45. The molecule has 0 aliphatic carbocycles. The van der Waals surface area contributed by atoms with Gasteiger partial charge in [-0.3, -0.25) is 4.98 Å². The van der Waals surface area contributed by atoms with Gasteiger partial charge >= 0.3 is 0 Å². The van der Waals surface area contributed by atoms with E-state index in [4.69, 9.17) is 9.26 Å². The van der Waals surface area contributed by atoms with Gasteiger partial charge in [0.15, 0.2) is 5.82 Å². The van der Waals surface area contributed by atoms with Crippen LogP contribution in [0.3, 0.4) is 0 Å². The second kappa shape index (κ2) is 7.78. The quantitative estimate of drug-likeness (QED) is 0.618. The molecule has 0 aliphatic heterocycles. The van der Waals surface area contributed by atoms with Crippen molar-refractivity contribution in [2.45, 2.75) is 12.2 Å². The monoisotopic (exact) mass is 327 g/mol. The fraction of sp³-hybridized carbons (Fsp3) is 0.235. The van der Waals surface area contributed by atoms with Gasteiger partial charge in [0, 0.05) is 17.5 Å². The van der Waals surface area contributed by atoms with Gasteiger partial charge in [-0.05, 0) is 48.6 Å². The molecule has 3 aromatic rings. The van der Waals surface area contributed by atoms with E-state index < -0.39 is 0 Å². The molecule has 0 saturated carbocycles. The molecule has 2 heterocycles. The first-order valence-electron chi connectivity index (χ1n) is 7.30. The number of methoxy groups -OCH3 is 1. The smallest absolute Gasteiger partial charge is 0.257 e. The van der Waals surface area contributed by atoms with E-state index in [1.165, 1.54) is 0 Å². The van der Waals surface area contributed by atoms with Crippen LogP contribution in [0.25, 0.3) is 11.5 Å². The Labute approximate surface area is 139 Å². The van der Waals surface area contributed by atoms with Crippen molar-refractivity contribution in [3.05, 3.63) is 60.2 Å². The maximum Gasteiger partial charge on any atom is 0.257 e. The zero-order chi connectivity index (χ0) is 15.9. The second-order valence-electron chi connectivity index (χ2n) is 4.87. The summed E-state index contributed by atoms with van der Waals surface area (Å²) in [4.78, 5) is 8.73. The van der Waals surface area contributed by atoms with Gasteiger partial charge in [0.25, 0.3) is 5.89 Å². The molecule has 118 valence electrons. The first-order chi connectivity index (χ1) is 11.3. The normalized spacial score (nSPS) is 10.7. The van der Waals surface area contributed by atoms with Crippen LogP contribution in [0.4, 0.5) is 0 Å². The van der Waals surface area contributed by atoms with Crippen LogP contribution in [0.2, 0.25) is 0 Å². The number of benzene rings is 1. The number of rotatable bonds is 7. The number of aryl methyl sites for hydroxylation is 1.